The van der Waals surface area contributed by atoms with E-state index in [1.54, 1.807) is 0 Å². The molecule has 1 heterocycles. The predicted octanol–water partition coefficient (Wildman–Crippen LogP) is 4.86. The summed E-state index contributed by atoms with van der Waals surface area (Å²) < 4.78 is 8.48. The van der Waals surface area contributed by atoms with Crippen LogP contribution in [0.3, 0.4) is 0 Å². The van der Waals surface area contributed by atoms with Gasteiger partial charge in [-0.15, -0.1) is 0 Å². The van der Waals surface area contributed by atoms with Crippen molar-refractivity contribution in [1.82, 2.24) is 9.55 Å². The lowest BCUT2D eigenvalue weighted by Gasteiger charge is -2.12. The number of benzene rings is 1. The smallest absolute Gasteiger partial charge is 0.311 e. The Balaban J connectivity index is 1.64. The van der Waals surface area contributed by atoms with Crippen molar-refractivity contribution in [1.29, 1.82) is 0 Å². The maximum Gasteiger partial charge on any atom is 0.311 e. The molecule has 0 amide bonds. The molecule has 0 spiro atoms. The molecule has 1 saturated carbocycles. The minimum Gasteiger partial charge on any atom is -0.427 e. The van der Waals surface area contributed by atoms with Crippen LogP contribution in [-0.2, 0) is 24.4 Å². The summed E-state index contributed by atoms with van der Waals surface area (Å²) in [4.78, 5) is 16.8. The fraction of sp³-hybridized carbons (Fsp3) is 0.545. The third kappa shape index (κ3) is 5.56. The molecule has 2 aromatic rings. The molecule has 5 nitrogen and oxygen atoms in total. The molecule has 6 heteroatoms. The molecule has 1 N–H and O–H groups in total. The fourth-order valence-electron chi connectivity index (χ4n) is 3.84. The molecule has 0 unspecified atom stereocenters. The largest absolute Gasteiger partial charge is 0.427 e. The van der Waals surface area contributed by atoms with Gasteiger partial charge in [0.1, 0.15) is 15.3 Å². The molecule has 0 aliphatic heterocycles. The van der Waals surface area contributed by atoms with E-state index in [9.17, 15) is 9.90 Å². The zero-order valence-electron chi connectivity index (χ0n) is 16.5. The Morgan fingerprint density at radius 2 is 2.00 bits per heavy atom. The van der Waals surface area contributed by atoms with Gasteiger partial charge in [-0.25, -0.2) is 4.98 Å². The van der Waals surface area contributed by atoms with Crippen molar-refractivity contribution >= 4 is 28.6 Å². The molecule has 0 atom stereocenters. The normalized spacial score (nSPS) is 14.5. The number of aliphatic hydroxyl groups excluding tert-OH is 1. The van der Waals surface area contributed by atoms with Crippen LogP contribution >= 0.6 is 22.6 Å². The number of hydrogen-bond acceptors (Lipinski definition) is 4. The van der Waals surface area contributed by atoms with E-state index in [1.165, 1.54) is 12.8 Å². The molecule has 1 fully saturated rings. The monoisotopic (exact) mass is 496 g/mol. The molecular weight excluding hydrogens is 467 g/mol. The molecule has 3 rings (SSSR count). The number of aliphatic hydroxyl groups is 1. The topological polar surface area (TPSA) is 64.3 Å². The number of aryl methyl sites for hydroxylation is 1. The standard InChI is InChI=1S/C22H29IN2O3/c1-2-3-8-20-24-22(23)19(15-26)25(20)14-17-9-11-18(12-10-17)28-21(27)13-16-6-4-5-7-16/h9-12,16,26H,2-8,13-15H2,1H3. The van der Waals surface area contributed by atoms with E-state index in [0.717, 1.165) is 52.9 Å². The molecule has 152 valence electrons. The van der Waals surface area contributed by atoms with Crippen LogP contribution < -0.4 is 4.74 Å². The SMILES string of the molecule is CCCCc1nc(I)c(CO)n1Cc1ccc(OC(=O)CC2CCCC2)cc1. The lowest BCUT2D eigenvalue weighted by Crippen LogP contribution is -2.12. The molecule has 1 aliphatic carbocycles. The number of imidazole rings is 1. The summed E-state index contributed by atoms with van der Waals surface area (Å²) in [5.41, 5.74) is 1.95. The summed E-state index contributed by atoms with van der Waals surface area (Å²) in [5, 5.41) is 9.75. The molecule has 1 aromatic carbocycles. The van der Waals surface area contributed by atoms with Crippen LogP contribution in [0.25, 0.3) is 0 Å². The van der Waals surface area contributed by atoms with E-state index in [1.807, 2.05) is 24.3 Å². The van der Waals surface area contributed by atoms with Crippen LogP contribution in [0.15, 0.2) is 24.3 Å². The van der Waals surface area contributed by atoms with Gasteiger partial charge in [0.25, 0.3) is 0 Å². The van der Waals surface area contributed by atoms with Gasteiger partial charge in [-0.2, -0.15) is 0 Å². The van der Waals surface area contributed by atoms with E-state index in [2.05, 4.69) is 39.1 Å². The van der Waals surface area contributed by atoms with Crippen molar-refractivity contribution in [2.24, 2.45) is 5.92 Å². The number of carbonyl (C=O) groups is 1. The van der Waals surface area contributed by atoms with Crippen molar-refractivity contribution in [3.05, 3.63) is 45.0 Å². The number of hydrogen-bond donors (Lipinski definition) is 1. The minimum absolute atomic E-state index is 0.0196. The third-order valence-corrected chi connectivity index (χ3v) is 6.30. The summed E-state index contributed by atoms with van der Waals surface area (Å²) in [6.45, 7) is 2.80. The third-order valence-electron chi connectivity index (χ3n) is 5.43. The van der Waals surface area contributed by atoms with Crippen molar-refractivity contribution in [3.8, 4) is 5.75 Å². The first-order valence-electron chi connectivity index (χ1n) is 10.2. The lowest BCUT2D eigenvalue weighted by molar-refractivity contribution is -0.135. The summed E-state index contributed by atoms with van der Waals surface area (Å²) >= 11 is 2.19. The second kappa shape index (κ2) is 10.4. The second-order valence-electron chi connectivity index (χ2n) is 7.59. The van der Waals surface area contributed by atoms with Crippen LogP contribution in [0, 0.1) is 9.62 Å². The summed E-state index contributed by atoms with van der Waals surface area (Å²) in [6, 6.07) is 7.67. The number of esters is 1. The van der Waals surface area contributed by atoms with Crippen LogP contribution in [0.4, 0.5) is 0 Å². The van der Waals surface area contributed by atoms with Gasteiger partial charge in [0, 0.05) is 19.4 Å². The van der Waals surface area contributed by atoms with Crippen molar-refractivity contribution in [2.75, 3.05) is 0 Å². The van der Waals surface area contributed by atoms with E-state index in [-0.39, 0.29) is 12.6 Å². The van der Waals surface area contributed by atoms with Gasteiger partial charge in [0.05, 0.1) is 12.3 Å². The summed E-state index contributed by atoms with van der Waals surface area (Å²) in [5.74, 6) is 1.98. The van der Waals surface area contributed by atoms with Crippen LogP contribution in [0.5, 0.6) is 5.75 Å². The zero-order chi connectivity index (χ0) is 19.9. The summed E-state index contributed by atoms with van der Waals surface area (Å²) in [6.07, 6.45) is 8.37. The molecule has 1 aliphatic rings. The highest BCUT2D eigenvalue weighted by Gasteiger charge is 2.20. The highest BCUT2D eigenvalue weighted by molar-refractivity contribution is 14.1. The Morgan fingerprint density at radius 1 is 1.29 bits per heavy atom. The van der Waals surface area contributed by atoms with E-state index in [0.29, 0.717) is 24.6 Å². The van der Waals surface area contributed by atoms with E-state index >= 15 is 0 Å². The number of ether oxygens (including phenoxy) is 1. The van der Waals surface area contributed by atoms with Crippen molar-refractivity contribution < 1.29 is 14.6 Å². The Hall–Kier alpha value is -1.41. The Labute approximate surface area is 180 Å². The first kappa shape index (κ1) is 21.3. The Kier molecular flexibility index (Phi) is 7.91. The molecule has 0 bridgehead atoms. The van der Waals surface area contributed by atoms with Gasteiger partial charge < -0.3 is 14.4 Å². The van der Waals surface area contributed by atoms with Gasteiger partial charge in [-0.3, -0.25) is 4.79 Å². The average molecular weight is 496 g/mol. The minimum atomic E-state index is -0.131. The maximum absolute atomic E-state index is 12.1. The first-order chi connectivity index (χ1) is 13.6. The highest BCUT2D eigenvalue weighted by Crippen LogP contribution is 2.28. The lowest BCUT2D eigenvalue weighted by atomic mass is 10.0. The Bertz CT molecular complexity index is 780. The van der Waals surface area contributed by atoms with Crippen molar-refractivity contribution in [2.45, 2.75) is 71.4 Å². The summed E-state index contributed by atoms with van der Waals surface area (Å²) in [7, 11) is 0. The second-order valence-corrected chi connectivity index (χ2v) is 8.61. The van der Waals surface area contributed by atoms with E-state index in [4.69, 9.17) is 4.74 Å². The molecule has 28 heavy (non-hydrogen) atoms. The number of unbranched alkanes of at least 4 members (excludes halogenated alkanes) is 1. The maximum atomic E-state index is 12.1. The van der Waals surface area contributed by atoms with Gasteiger partial charge in [0.15, 0.2) is 0 Å². The fourth-order valence-corrected chi connectivity index (χ4v) is 4.58. The Morgan fingerprint density at radius 3 is 2.64 bits per heavy atom. The molecule has 1 aromatic heterocycles. The van der Waals surface area contributed by atoms with Crippen LogP contribution in [-0.4, -0.2) is 20.6 Å². The predicted molar refractivity (Wildman–Crippen MR) is 117 cm³/mol. The van der Waals surface area contributed by atoms with Crippen LogP contribution in [0.1, 0.15) is 69.0 Å². The van der Waals surface area contributed by atoms with Gasteiger partial charge in [0.2, 0.25) is 0 Å². The van der Waals surface area contributed by atoms with Gasteiger partial charge >= 0.3 is 5.97 Å². The van der Waals surface area contributed by atoms with Crippen LogP contribution in [0.2, 0.25) is 0 Å². The molecule has 0 radical (unpaired) electrons. The van der Waals surface area contributed by atoms with E-state index < -0.39 is 0 Å². The van der Waals surface area contributed by atoms with Gasteiger partial charge in [-0.1, -0.05) is 38.3 Å². The number of carbonyl (C=O) groups excluding carboxylic acids is 1. The van der Waals surface area contributed by atoms with Crippen molar-refractivity contribution in [3.63, 3.8) is 0 Å². The first-order valence-corrected chi connectivity index (χ1v) is 11.3. The average Bonchev–Trinajstić information content (AvgIpc) is 3.29. The number of rotatable bonds is 9. The zero-order valence-corrected chi connectivity index (χ0v) is 18.7. The number of nitrogens with zero attached hydrogens (tertiary/aromatic N) is 2. The molecular formula is C22H29IN2O3. The molecule has 0 saturated heterocycles. The number of aromatic nitrogens is 2. The van der Waals surface area contributed by atoms with Gasteiger partial charge in [-0.05, 0) is 65.5 Å². The quantitative estimate of drug-likeness (QED) is 0.306. The highest BCUT2D eigenvalue weighted by atomic mass is 127. The number of halogens is 1.